The second-order valence-corrected chi connectivity index (χ2v) is 7.08. The van der Waals surface area contributed by atoms with E-state index >= 15 is 0 Å². The zero-order valence-electron chi connectivity index (χ0n) is 17.0. The van der Waals surface area contributed by atoms with Gasteiger partial charge in [-0.3, -0.25) is 9.59 Å². The van der Waals surface area contributed by atoms with E-state index in [0.29, 0.717) is 34.1 Å². The molecule has 30 heavy (non-hydrogen) atoms. The van der Waals surface area contributed by atoms with E-state index in [1.54, 1.807) is 61.6 Å². The normalized spacial score (nSPS) is 16.4. The lowest BCUT2D eigenvalue weighted by Crippen LogP contribution is -2.32. The van der Waals surface area contributed by atoms with Crippen LogP contribution in [0.2, 0.25) is 0 Å². The molecule has 2 aromatic carbocycles. The molecule has 0 radical (unpaired) electrons. The van der Waals surface area contributed by atoms with E-state index < -0.39 is 0 Å². The average molecular weight is 409 g/mol. The van der Waals surface area contributed by atoms with Gasteiger partial charge < -0.3 is 23.8 Å². The summed E-state index contributed by atoms with van der Waals surface area (Å²) in [6.45, 7) is 1.54. The quantitative estimate of drug-likeness (QED) is 0.682. The van der Waals surface area contributed by atoms with E-state index in [0.717, 1.165) is 25.9 Å². The summed E-state index contributed by atoms with van der Waals surface area (Å²) in [6, 6.07) is 10.3. The number of likely N-dealkylation sites (tertiary alicyclic amines) is 1. The molecule has 0 aliphatic carbocycles. The first-order valence-electron chi connectivity index (χ1n) is 9.80. The van der Waals surface area contributed by atoms with Crippen molar-refractivity contribution < 1.29 is 28.5 Å². The Balaban J connectivity index is 1.49. The predicted molar refractivity (Wildman–Crippen MR) is 110 cm³/mol. The summed E-state index contributed by atoms with van der Waals surface area (Å²) in [5, 5.41) is 0. The molecule has 2 aliphatic heterocycles. The predicted octanol–water partition coefficient (Wildman–Crippen LogP) is 3.32. The number of methoxy groups -OCH3 is 2. The Bertz CT molecular complexity index is 1010. The van der Waals surface area contributed by atoms with E-state index in [1.807, 2.05) is 0 Å². The Morgan fingerprint density at radius 1 is 1.07 bits per heavy atom. The van der Waals surface area contributed by atoms with Crippen molar-refractivity contribution in [3.05, 3.63) is 53.3 Å². The average Bonchev–Trinajstić information content (AvgIpc) is 3.41. The van der Waals surface area contributed by atoms with Crippen LogP contribution in [0.5, 0.6) is 23.0 Å². The van der Waals surface area contributed by atoms with Crippen LogP contribution in [0, 0.1) is 0 Å². The first-order chi connectivity index (χ1) is 14.6. The van der Waals surface area contributed by atoms with Crippen molar-refractivity contribution in [1.82, 2.24) is 4.90 Å². The third-order valence-corrected chi connectivity index (χ3v) is 5.19. The molecular weight excluding hydrogens is 386 g/mol. The highest BCUT2D eigenvalue weighted by molar-refractivity contribution is 6.14. The van der Waals surface area contributed by atoms with Gasteiger partial charge in [0, 0.05) is 30.8 Å². The van der Waals surface area contributed by atoms with Crippen LogP contribution in [0.25, 0.3) is 6.08 Å². The van der Waals surface area contributed by atoms with Crippen molar-refractivity contribution in [2.75, 3.05) is 33.9 Å². The van der Waals surface area contributed by atoms with Crippen molar-refractivity contribution in [1.29, 1.82) is 0 Å². The lowest BCUT2D eigenvalue weighted by molar-refractivity contribution is -0.132. The van der Waals surface area contributed by atoms with Gasteiger partial charge in [0.15, 0.2) is 12.4 Å². The van der Waals surface area contributed by atoms with Crippen LogP contribution in [0.3, 0.4) is 0 Å². The third kappa shape index (κ3) is 3.96. The summed E-state index contributed by atoms with van der Waals surface area (Å²) in [6.07, 6.45) is 3.71. The maximum atomic E-state index is 12.7. The Hall–Kier alpha value is -3.48. The zero-order valence-corrected chi connectivity index (χ0v) is 17.0. The number of hydrogen-bond acceptors (Lipinski definition) is 6. The van der Waals surface area contributed by atoms with Crippen LogP contribution in [0.4, 0.5) is 0 Å². The second kappa shape index (κ2) is 8.49. The summed E-state index contributed by atoms with van der Waals surface area (Å²) >= 11 is 0. The molecule has 0 unspecified atom stereocenters. The van der Waals surface area contributed by atoms with Crippen LogP contribution < -0.4 is 18.9 Å². The Morgan fingerprint density at radius 2 is 1.83 bits per heavy atom. The molecule has 1 fully saturated rings. The number of fused-ring (bicyclic) bond motifs is 1. The molecule has 0 N–H and O–H groups in total. The topological polar surface area (TPSA) is 74.3 Å². The molecule has 156 valence electrons. The molecule has 2 aromatic rings. The minimum absolute atomic E-state index is 0.0293. The van der Waals surface area contributed by atoms with Crippen LogP contribution in [-0.4, -0.2) is 50.5 Å². The smallest absolute Gasteiger partial charge is 0.260 e. The molecule has 0 bridgehead atoms. The molecule has 0 saturated carbocycles. The van der Waals surface area contributed by atoms with E-state index in [4.69, 9.17) is 18.9 Å². The minimum Gasteiger partial charge on any atom is -0.497 e. The highest BCUT2D eigenvalue weighted by Crippen LogP contribution is 2.36. The van der Waals surface area contributed by atoms with Crippen molar-refractivity contribution in [2.45, 2.75) is 12.8 Å². The van der Waals surface area contributed by atoms with Gasteiger partial charge in [-0.05, 0) is 43.2 Å². The number of nitrogens with zero attached hydrogens (tertiary/aromatic N) is 1. The van der Waals surface area contributed by atoms with Crippen molar-refractivity contribution >= 4 is 17.8 Å². The molecule has 4 rings (SSSR count). The van der Waals surface area contributed by atoms with Gasteiger partial charge in [0.1, 0.15) is 23.0 Å². The molecule has 0 atom stereocenters. The number of hydrogen-bond donors (Lipinski definition) is 0. The Morgan fingerprint density at radius 3 is 2.57 bits per heavy atom. The van der Waals surface area contributed by atoms with Gasteiger partial charge >= 0.3 is 0 Å². The molecule has 0 spiro atoms. The SMILES string of the molecule is COc1ccc(C=C2Oc3cc(OCC(=O)N4CCCC4)ccc3C2=O)c(OC)c1. The molecule has 1 saturated heterocycles. The van der Waals surface area contributed by atoms with E-state index in [-0.39, 0.29) is 24.1 Å². The summed E-state index contributed by atoms with van der Waals surface area (Å²) < 4.78 is 22.0. The number of allylic oxidation sites excluding steroid dienone is 1. The maximum Gasteiger partial charge on any atom is 0.260 e. The fraction of sp³-hybridized carbons (Fsp3) is 0.304. The second-order valence-electron chi connectivity index (χ2n) is 7.08. The van der Waals surface area contributed by atoms with Gasteiger partial charge in [-0.2, -0.15) is 0 Å². The first kappa shape index (κ1) is 19.8. The molecule has 2 aliphatic rings. The largest absolute Gasteiger partial charge is 0.497 e. The molecule has 0 aromatic heterocycles. The van der Waals surface area contributed by atoms with Crippen LogP contribution in [0.15, 0.2) is 42.2 Å². The fourth-order valence-corrected chi connectivity index (χ4v) is 3.54. The zero-order chi connectivity index (χ0) is 21.1. The standard InChI is InChI=1S/C23H23NO6/c1-27-16-6-5-15(19(12-16)28-2)11-21-23(26)18-8-7-17(13-20(18)30-21)29-14-22(25)24-9-3-4-10-24/h5-8,11-13H,3-4,9-10,14H2,1-2H3. The lowest BCUT2D eigenvalue weighted by Gasteiger charge is -2.15. The summed E-state index contributed by atoms with van der Waals surface area (Å²) in [5.74, 6) is 2.06. The van der Waals surface area contributed by atoms with Gasteiger partial charge in [0.25, 0.3) is 5.91 Å². The Kier molecular flexibility index (Phi) is 5.61. The third-order valence-electron chi connectivity index (χ3n) is 5.19. The van der Waals surface area contributed by atoms with E-state index in [1.165, 1.54) is 0 Å². The number of rotatable bonds is 6. The van der Waals surface area contributed by atoms with Crippen molar-refractivity contribution in [3.8, 4) is 23.0 Å². The van der Waals surface area contributed by atoms with Gasteiger partial charge in [-0.15, -0.1) is 0 Å². The summed E-state index contributed by atoms with van der Waals surface area (Å²) in [7, 11) is 3.13. The number of benzene rings is 2. The first-order valence-corrected chi connectivity index (χ1v) is 9.80. The molecule has 1 amide bonds. The number of Topliss-reactive ketones (excluding diaryl/α,β-unsaturated/α-hetero) is 1. The van der Waals surface area contributed by atoms with Gasteiger partial charge in [0.05, 0.1) is 19.8 Å². The fourth-order valence-electron chi connectivity index (χ4n) is 3.54. The van der Waals surface area contributed by atoms with Crippen LogP contribution in [-0.2, 0) is 4.79 Å². The van der Waals surface area contributed by atoms with E-state index in [2.05, 4.69) is 0 Å². The molecular formula is C23H23NO6. The maximum absolute atomic E-state index is 12.7. The molecule has 2 heterocycles. The van der Waals surface area contributed by atoms with Gasteiger partial charge in [-0.1, -0.05) is 0 Å². The van der Waals surface area contributed by atoms with E-state index in [9.17, 15) is 9.59 Å². The Labute approximate surface area is 174 Å². The number of carbonyl (C=O) groups excluding carboxylic acids is 2. The van der Waals surface area contributed by atoms with Crippen molar-refractivity contribution in [3.63, 3.8) is 0 Å². The van der Waals surface area contributed by atoms with Crippen LogP contribution in [0.1, 0.15) is 28.8 Å². The number of amides is 1. The summed E-state index contributed by atoms with van der Waals surface area (Å²) in [4.78, 5) is 26.7. The highest BCUT2D eigenvalue weighted by Gasteiger charge is 2.28. The number of carbonyl (C=O) groups is 2. The number of ketones is 1. The van der Waals surface area contributed by atoms with Gasteiger partial charge in [0.2, 0.25) is 5.78 Å². The lowest BCUT2D eigenvalue weighted by atomic mass is 10.1. The van der Waals surface area contributed by atoms with Crippen molar-refractivity contribution in [2.24, 2.45) is 0 Å². The molecule has 7 nitrogen and oxygen atoms in total. The highest BCUT2D eigenvalue weighted by atomic mass is 16.5. The minimum atomic E-state index is -0.220. The van der Waals surface area contributed by atoms with Crippen LogP contribution >= 0.6 is 0 Å². The monoisotopic (exact) mass is 409 g/mol. The van der Waals surface area contributed by atoms with Gasteiger partial charge in [-0.25, -0.2) is 0 Å². The molecule has 7 heteroatoms. The number of ether oxygens (including phenoxy) is 4. The summed E-state index contributed by atoms with van der Waals surface area (Å²) in [5.41, 5.74) is 1.15.